The number of pyridine rings is 1. The maximum absolute atomic E-state index is 12.6. The van der Waals surface area contributed by atoms with Crippen LogP contribution in [0.15, 0.2) is 53.7 Å². The number of benzene rings is 1. The van der Waals surface area contributed by atoms with Gasteiger partial charge in [-0.2, -0.15) is 0 Å². The topological polar surface area (TPSA) is 82.1 Å². The van der Waals surface area contributed by atoms with Crippen LogP contribution in [0.5, 0.6) is 5.75 Å². The van der Waals surface area contributed by atoms with E-state index in [1.54, 1.807) is 13.3 Å². The third-order valence-electron chi connectivity index (χ3n) is 5.14. The van der Waals surface area contributed by atoms with Crippen LogP contribution < -0.4 is 20.3 Å². The molecule has 0 radical (unpaired) electrons. The van der Waals surface area contributed by atoms with Gasteiger partial charge < -0.3 is 25.2 Å². The van der Waals surface area contributed by atoms with Crippen LogP contribution in [0.1, 0.15) is 18.9 Å². The Kier molecular flexibility index (Phi) is 8.51. The summed E-state index contributed by atoms with van der Waals surface area (Å²) in [5, 5.41) is 6.49. The number of amides is 1. The maximum atomic E-state index is 12.6. The Morgan fingerprint density at radius 3 is 2.68 bits per heavy atom. The second-order valence-electron chi connectivity index (χ2n) is 7.28. The van der Waals surface area contributed by atoms with Gasteiger partial charge in [0, 0.05) is 51.9 Å². The molecule has 0 aliphatic carbocycles. The van der Waals surface area contributed by atoms with Crippen molar-refractivity contribution in [2.75, 3.05) is 51.3 Å². The van der Waals surface area contributed by atoms with Crippen LogP contribution in [0.25, 0.3) is 0 Å². The molecule has 0 atom stereocenters. The van der Waals surface area contributed by atoms with Crippen molar-refractivity contribution in [3.05, 3.63) is 54.2 Å². The molecule has 1 fully saturated rings. The Bertz CT molecular complexity index is 850. The lowest BCUT2D eigenvalue weighted by Crippen LogP contribution is -2.49. The van der Waals surface area contributed by atoms with E-state index < -0.39 is 0 Å². The molecular formula is C23H32N6O2. The zero-order valence-corrected chi connectivity index (χ0v) is 18.4. The Balaban J connectivity index is 1.43. The van der Waals surface area contributed by atoms with E-state index in [1.807, 2.05) is 54.3 Å². The van der Waals surface area contributed by atoms with E-state index >= 15 is 0 Å². The van der Waals surface area contributed by atoms with Gasteiger partial charge in [-0.3, -0.25) is 4.79 Å². The van der Waals surface area contributed by atoms with Crippen LogP contribution in [0.2, 0.25) is 0 Å². The lowest BCUT2D eigenvalue weighted by molar-refractivity contribution is -0.131. The van der Waals surface area contributed by atoms with Crippen molar-refractivity contribution in [2.24, 2.45) is 4.99 Å². The molecule has 0 saturated carbocycles. The highest BCUT2D eigenvalue weighted by Gasteiger charge is 2.21. The Morgan fingerprint density at radius 1 is 1.13 bits per heavy atom. The monoisotopic (exact) mass is 424 g/mol. The molecule has 3 rings (SSSR count). The number of rotatable bonds is 8. The summed E-state index contributed by atoms with van der Waals surface area (Å²) in [4.78, 5) is 25.8. The van der Waals surface area contributed by atoms with Crippen molar-refractivity contribution < 1.29 is 9.53 Å². The summed E-state index contributed by atoms with van der Waals surface area (Å²) in [5.41, 5.74) is 1.07. The Morgan fingerprint density at radius 2 is 1.97 bits per heavy atom. The minimum absolute atomic E-state index is 0.164. The lowest BCUT2D eigenvalue weighted by Gasteiger charge is -2.35. The summed E-state index contributed by atoms with van der Waals surface area (Å²) in [5.74, 6) is 2.66. The molecule has 1 amide bonds. The third-order valence-corrected chi connectivity index (χ3v) is 5.14. The molecule has 1 saturated heterocycles. The van der Waals surface area contributed by atoms with E-state index in [2.05, 4.69) is 25.5 Å². The molecule has 1 aromatic carbocycles. The standard InChI is InChI=1S/C23H32N6O2/c1-3-24-23(27-18-19-7-6-8-20(17-19)31-2)26-12-10-22(30)29-15-13-28(14-16-29)21-9-4-5-11-25-21/h4-9,11,17H,3,10,12-16,18H2,1-2H3,(H2,24,26,27). The molecule has 0 bridgehead atoms. The molecule has 8 nitrogen and oxygen atoms in total. The van der Waals surface area contributed by atoms with Gasteiger partial charge in [0.25, 0.3) is 0 Å². The number of anilines is 1. The number of methoxy groups -OCH3 is 1. The van der Waals surface area contributed by atoms with Gasteiger partial charge in [-0.15, -0.1) is 0 Å². The highest BCUT2D eigenvalue weighted by Crippen LogP contribution is 2.14. The van der Waals surface area contributed by atoms with Gasteiger partial charge in [0.1, 0.15) is 11.6 Å². The number of carbonyl (C=O) groups is 1. The molecule has 1 aliphatic rings. The van der Waals surface area contributed by atoms with Crippen molar-refractivity contribution in [1.82, 2.24) is 20.5 Å². The minimum atomic E-state index is 0.164. The van der Waals surface area contributed by atoms with E-state index in [0.717, 1.165) is 49.9 Å². The van der Waals surface area contributed by atoms with E-state index in [-0.39, 0.29) is 5.91 Å². The number of hydrogen-bond donors (Lipinski definition) is 2. The number of piperazine rings is 1. The van der Waals surface area contributed by atoms with Crippen molar-refractivity contribution in [2.45, 2.75) is 19.9 Å². The van der Waals surface area contributed by atoms with Gasteiger partial charge in [0.05, 0.1) is 13.7 Å². The molecule has 31 heavy (non-hydrogen) atoms. The molecular weight excluding hydrogens is 392 g/mol. The highest BCUT2D eigenvalue weighted by atomic mass is 16.5. The zero-order chi connectivity index (χ0) is 21.9. The average Bonchev–Trinajstić information content (AvgIpc) is 2.83. The average molecular weight is 425 g/mol. The molecule has 8 heteroatoms. The fourth-order valence-electron chi connectivity index (χ4n) is 3.45. The number of nitrogens with zero attached hydrogens (tertiary/aromatic N) is 4. The van der Waals surface area contributed by atoms with Gasteiger partial charge in [0.15, 0.2) is 5.96 Å². The van der Waals surface area contributed by atoms with Gasteiger partial charge in [-0.1, -0.05) is 18.2 Å². The molecule has 1 aliphatic heterocycles. The summed E-state index contributed by atoms with van der Waals surface area (Å²) in [6.07, 6.45) is 2.24. The molecule has 2 N–H and O–H groups in total. The first-order valence-electron chi connectivity index (χ1n) is 10.8. The summed E-state index contributed by atoms with van der Waals surface area (Å²) in [7, 11) is 1.66. The number of ether oxygens (including phenoxy) is 1. The summed E-state index contributed by atoms with van der Waals surface area (Å²) < 4.78 is 5.26. The predicted molar refractivity (Wildman–Crippen MR) is 123 cm³/mol. The molecule has 0 spiro atoms. The molecule has 166 valence electrons. The predicted octanol–water partition coefficient (Wildman–Crippen LogP) is 1.88. The molecule has 1 aromatic heterocycles. The summed E-state index contributed by atoms with van der Waals surface area (Å²) in [6.45, 7) is 6.92. The van der Waals surface area contributed by atoms with Gasteiger partial charge in [-0.05, 0) is 36.8 Å². The van der Waals surface area contributed by atoms with E-state index in [1.165, 1.54) is 0 Å². The number of hydrogen-bond acceptors (Lipinski definition) is 5. The number of guanidine groups is 1. The second kappa shape index (κ2) is 11.8. The van der Waals surface area contributed by atoms with Crippen molar-refractivity contribution in [3.8, 4) is 5.75 Å². The number of aromatic nitrogens is 1. The van der Waals surface area contributed by atoms with Crippen LogP contribution in [-0.2, 0) is 11.3 Å². The summed E-state index contributed by atoms with van der Waals surface area (Å²) in [6, 6.07) is 13.8. The Hall–Kier alpha value is -3.29. The van der Waals surface area contributed by atoms with Crippen molar-refractivity contribution >= 4 is 17.7 Å². The van der Waals surface area contributed by atoms with E-state index in [4.69, 9.17) is 4.74 Å². The molecule has 2 heterocycles. The number of carbonyl (C=O) groups excluding carboxylic acids is 1. The Labute approximate surface area is 184 Å². The number of nitrogens with one attached hydrogen (secondary N) is 2. The van der Waals surface area contributed by atoms with Crippen LogP contribution >= 0.6 is 0 Å². The van der Waals surface area contributed by atoms with E-state index in [0.29, 0.717) is 25.5 Å². The van der Waals surface area contributed by atoms with Crippen LogP contribution in [0.4, 0.5) is 5.82 Å². The molecule has 0 unspecified atom stereocenters. The van der Waals surface area contributed by atoms with Gasteiger partial charge in [0.2, 0.25) is 5.91 Å². The fourth-order valence-corrected chi connectivity index (χ4v) is 3.45. The normalized spacial score (nSPS) is 14.3. The largest absolute Gasteiger partial charge is 0.497 e. The molecule has 2 aromatic rings. The van der Waals surface area contributed by atoms with Gasteiger partial charge in [-0.25, -0.2) is 9.98 Å². The van der Waals surface area contributed by atoms with E-state index in [9.17, 15) is 4.79 Å². The van der Waals surface area contributed by atoms with Crippen molar-refractivity contribution in [3.63, 3.8) is 0 Å². The zero-order valence-electron chi connectivity index (χ0n) is 18.4. The van der Waals surface area contributed by atoms with Gasteiger partial charge >= 0.3 is 0 Å². The quantitative estimate of drug-likeness (QED) is 0.498. The lowest BCUT2D eigenvalue weighted by atomic mass is 10.2. The second-order valence-corrected chi connectivity index (χ2v) is 7.28. The van der Waals surface area contributed by atoms with Crippen molar-refractivity contribution in [1.29, 1.82) is 0 Å². The maximum Gasteiger partial charge on any atom is 0.224 e. The first-order valence-corrected chi connectivity index (χ1v) is 10.8. The van der Waals surface area contributed by atoms with Crippen LogP contribution in [0.3, 0.4) is 0 Å². The highest BCUT2D eigenvalue weighted by molar-refractivity contribution is 5.81. The third kappa shape index (κ3) is 6.87. The first-order chi connectivity index (χ1) is 15.2. The smallest absolute Gasteiger partial charge is 0.224 e. The summed E-state index contributed by atoms with van der Waals surface area (Å²) >= 11 is 0. The SMILES string of the molecule is CCNC(=NCc1cccc(OC)c1)NCCC(=O)N1CCN(c2ccccn2)CC1. The first kappa shape index (κ1) is 22.4. The number of aliphatic imine (C=N–C) groups is 1. The van der Waals surface area contributed by atoms with Crippen LogP contribution in [-0.4, -0.2) is 68.1 Å². The van der Waals surface area contributed by atoms with Crippen LogP contribution in [0, 0.1) is 0 Å². The fraction of sp³-hybridized carbons (Fsp3) is 0.435. The minimum Gasteiger partial charge on any atom is -0.497 e.